The molecule has 5 nitrogen and oxygen atoms in total. The standard InChI is InChI=1S/C26H28N2O3/c1-18-9-11-20(12-10-18)24(27-19(2)29)17-25(30)28-26(21-7-5-4-6-8-21)22-13-15-23(31-3)16-14-22/h4-16,24,26H,17H2,1-3H3,(H,27,29)(H,28,30). The van der Waals surface area contributed by atoms with E-state index in [1.165, 1.54) is 6.92 Å². The third-order valence-corrected chi connectivity index (χ3v) is 5.13. The molecule has 5 heteroatoms. The first kappa shape index (κ1) is 22.1. The fourth-order valence-electron chi connectivity index (χ4n) is 3.50. The number of nitrogens with one attached hydrogen (secondary N) is 2. The molecule has 3 rings (SSSR count). The van der Waals surface area contributed by atoms with Crippen LogP contribution in [0.4, 0.5) is 0 Å². The Kier molecular flexibility index (Phi) is 7.44. The Morgan fingerprint density at radius 2 is 1.39 bits per heavy atom. The van der Waals surface area contributed by atoms with Crippen LogP contribution in [0.5, 0.6) is 5.75 Å². The number of carbonyl (C=O) groups excluding carboxylic acids is 2. The minimum absolute atomic E-state index is 0.141. The molecular formula is C26H28N2O3. The second-order valence-electron chi connectivity index (χ2n) is 7.55. The van der Waals surface area contributed by atoms with E-state index in [0.29, 0.717) is 0 Å². The van der Waals surface area contributed by atoms with Crippen molar-refractivity contribution >= 4 is 11.8 Å². The van der Waals surface area contributed by atoms with Crippen LogP contribution in [0.3, 0.4) is 0 Å². The van der Waals surface area contributed by atoms with Gasteiger partial charge in [-0.2, -0.15) is 0 Å². The normalized spacial score (nSPS) is 12.5. The first-order valence-corrected chi connectivity index (χ1v) is 10.3. The lowest BCUT2D eigenvalue weighted by Crippen LogP contribution is -2.34. The van der Waals surface area contributed by atoms with Gasteiger partial charge in [0.25, 0.3) is 0 Å². The van der Waals surface area contributed by atoms with E-state index in [1.807, 2.05) is 85.8 Å². The van der Waals surface area contributed by atoms with Gasteiger partial charge in [-0.25, -0.2) is 0 Å². The van der Waals surface area contributed by atoms with Crippen molar-refractivity contribution in [2.24, 2.45) is 0 Å². The lowest BCUT2D eigenvalue weighted by atomic mass is 9.97. The molecule has 2 unspecified atom stereocenters. The Labute approximate surface area is 183 Å². The summed E-state index contributed by atoms with van der Waals surface area (Å²) in [4.78, 5) is 24.8. The fourth-order valence-corrected chi connectivity index (χ4v) is 3.50. The Bertz CT molecular complexity index is 999. The van der Waals surface area contributed by atoms with Crippen molar-refractivity contribution in [3.63, 3.8) is 0 Å². The average molecular weight is 417 g/mol. The number of amides is 2. The Hall–Kier alpha value is -3.60. The first-order valence-electron chi connectivity index (χ1n) is 10.3. The largest absolute Gasteiger partial charge is 0.497 e. The maximum Gasteiger partial charge on any atom is 0.223 e. The summed E-state index contributed by atoms with van der Waals surface area (Å²) in [6, 6.07) is 24.6. The fraction of sp³-hybridized carbons (Fsp3) is 0.231. The third kappa shape index (κ3) is 6.19. The van der Waals surface area contributed by atoms with E-state index in [2.05, 4.69) is 10.6 Å². The zero-order valence-electron chi connectivity index (χ0n) is 18.1. The van der Waals surface area contributed by atoms with Crippen molar-refractivity contribution in [3.8, 4) is 5.75 Å². The summed E-state index contributed by atoms with van der Waals surface area (Å²) in [5.41, 5.74) is 3.95. The molecule has 0 bridgehead atoms. The summed E-state index contributed by atoms with van der Waals surface area (Å²) >= 11 is 0. The van der Waals surface area contributed by atoms with Gasteiger partial charge in [0.2, 0.25) is 11.8 Å². The van der Waals surface area contributed by atoms with E-state index in [0.717, 1.165) is 28.0 Å². The number of carbonyl (C=O) groups is 2. The molecule has 3 aromatic rings. The van der Waals surface area contributed by atoms with Crippen molar-refractivity contribution in [2.45, 2.75) is 32.4 Å². The number of ether oxygens (including phenoxy) is 1. The molecule has 31 heavy (non-hydrogen) atoms. The Morgan fingerprint density at radius 3 is 1.97 bits per heavy atom. The number of benzene rings is 3. The van der Waals surface area contributed by atoms with Gasteiger partial charge in [0, 0.05) is 6.92 Å². The minimum atomic E-state index is -0.398. The molecule has 0 saturated heterocycles. The monoisotopic (exact) mass is 416 g/mol. The summed E-state index contributed by atoms with van der Waals surface area (Å²) in [6.07, 6.45) is 0.141. The summed E-state index contributed by atoms with van der Waals surface area (Å²) in [6.45, 7) is 3.46. The Morgan fingerprint density at radius 1 is 0.806 bits per heavy atom. The molecule has 0 heterocycles. The highest BCUT2D eigenvalue weighted by atomic mass is 16.5. The lowest BCUT2D eigenvalue weighted by molar-refractivity contribution is -0.123. The van der Waals surface area contributed by atoms with Crippen LogP contribution in [0.2, 0.25) is 0 Å². The summed E-state index contributed by atoms with van der Waals surface area (Å²) in [5, 5.41) is 6.04. The van der Waals surface area contributed by atoms with Crippen molar-refractivity contribution < 1.29 is 14.3 Å². The van der Waals surface area contributed by atoms with Crippen LogP contribution in [0, 0.1) is 6.92 Å². The first-order chi connectivity index (χ1) is 15.0. The second-order valence-corrected chi connectivity index (χ2v) is 7.55. The maximum atomic E-state index is 13.1. The number of rotatable bonds is 8. The van der Waals surface area contributed by atoms with E-state index >= 15 is 0 Å². The van der Waals surface area contributed by atoms with Gasteiger partial charge in [0.05, 0.1) is 25.6 Å². The predicted octanol–water partition coefficient (Wildman–Crippen LogP) is 4.48. The predicted molar refractivity (Wildman–Crippen MR) is 122 cm³/mol. The minimum Gasteiger partial charge on any atom is -0.497 e. The zero-order chi connectivity index (χ0) is 22.2. The van der Waals surface area contributed by atoms with Crippen molar-refractivity contribution in [1.82, 2.24) is 10.6 Å². The van der Waals surface area contributed by atoms with E-state index in [-0.39, 0.29) is 24.3 Å². The van der Waals surface area contributed by atoms with Crippen molar-refractivity contribution in [2.75, 3.05) is 7.11 Å². The molecule has 0 saturated carbocycles. The highest BCUT2D eigenvalue weighted by molar-refractivity contribution is 5.80. The lowest BCUT2D eigenvalue weighted by Gasteiger charge is -2.23. The molecule has 0 aliphatic rings. The van der Waals surface area contributed by atoms with Crippen molar-refractivity contribution in [3.05, 3.63) is 101 Å². The van der Waals surface area contributed by atoms with Gasteiger partial charge < -0.3 is 15.4 Å². The van der Waals surface area contributed by atoms with Crippen LogP contribution < -0.4 is 15.4 Å². The molecule has 3 aromatic carbocycles. The van der Waals surface area contributed by atoms with Gasteiger partial charge >= 0.3 is 0 Å². The van der Waals surface area contributed by atoms with Gasteiger partial charge in [-0.1, -0.05) is 72.3 Å². The topological polar surface area (TPSA) is 67.4 Å². The van der Waals surface area contributed by atoms with Crippen LogP contribution in [0.25, 0.3) is 0 Å². The van der Waals surface area contributed by atoms with Gasteiger partial charge in [-0.3, -0.25) is 9.59 Å². The van der Waals surface area contributed by atoms with E-state index in [9.17, 15) is 9.59 Å². The van der Waals surface area contributed by atoms with Crippen molar-refractivity contribution in [1.29, 1.82) is 0 Å². The van der Waals surface area contributed by atoms with E-state index < -0.39 is 6.04 Å². The van der Waals surface area contributed by atoms with Crippen LogP contribution >= 0.6 is 0 Å². The van der Waals surface area contributed by atoms with Crippen LogP contribution in [-0.2, 0) is 9.59 Å². The molecule has 0 aliphatic carbocycles. The summed E-state index contributed by atoms with van der Waals surface area (Å²) in [7, 11) is 1.62. The molecule has 0 radical (unpaired) electrons. The molecular weight excluding hydrogens is 388 g/mol. The zero-order valence-corrected chi connectivity index (χ0v) is 18.1. The van der Waals surface area contributed by atoms with Gasteiger partial charge in [-0.15, -0.1) is 0 Å². The van der Waals surface area contributed by atoms with Crippen LogP contribution in [0.1, 0.15) is 47.7 Å². The summed E-state index contributed by atoms with van der Waals surface area (Å²) < 4.78 is 5.26. The third-order valence-electron chi connectivity index (χ3n) is 5.13. The van der Waals surface area contributed by atoms with Gasteiger partial charge in [0.1, 0.15) is 5.75 Å². The van der Waals surface area contributed by atoms with Crippen LogP contribution in [0.15, 0.2) is 78.9 Å². The highest BCUT2D eigenvalue weighted by Gasteiger charge is 2.21. The molecule has 0 aromatic heterocycles. The molecule has 2 atom stereocenters. The Balaban J connectivity index is 1.82. The highest BCUT2D eigenvalue weighted by Crippen LogP contribution is 2.25. The second kappa shape index (κ2) is 10.4. The number of methoxy groups -OCH3 is 1. The molecule has 0 fully saturated rings. The average Bonchev–Trinajstić information content (AvgIpc) is 2.78. The van der Waals surface area contributed by atoms with Gasteiger partial charge in [-0.05, 0) is 35.7 Å². The molecule has 2 amide bonds. The quantitative estimate of drug-likeness (QED) is 0.569. The number of hydrogen-bond acceptors (Lipinski definition) is 3. The van der Waals surface area contributed by atoms with Gasteiger partial charge in [0.15, 0.2) is 0 Å². The number of hydrogen-bond donors (Lipinski definition) is 2. The summed E-state index contributed by atoms with van der Waals surface area (Å²) in [5.74, 6) is 0.434. The van der Waals surface area contributed by atoms with E-state index in [4.69, 9.17) is 4.74 Å². The maximum absolute atomic E-state index is 13.1. The molecule has 160 valence electrons. The smallest absolute Gasteiger partial charge is 0.223 e. The van der Waals surface area contributed by atoms with Crippen LogP contribution in [-0.4, -0.2) is 18.9 Å². The van der Waals surface area contributed by atoms with E-state index in [1.54, 1.807) is 7.11 Å². The molecule has 2 N–H and O–H groups in total. The molecule has 0 aliphatic heterocycles. The number of aryl methyl sites for hydroxylation is 1. The SMILES string of the molecule is COc1ccc(C(NC(=O)CC(NC(C)=O)c2ccc(C)cc2)c2ccccc2)cc1. The molecule has 0 spiro atoms.